The lowest BCUT2D eigenvalue weighted by Crippen LogP contribution is -2.38. The zero-order valence-electron chi connectivity index (χ0n) is 24.5. The molecule has 41 heavy (non-hydrogen) atoms. The van der Waals surface area contributed by atoms with Crippen LogP contribution >= 0.6 is 0 Å². The molecule has 5 heterocycles. The topological polar surface area (TPSA) is 84.3 Å². The number of nitrogens with zero attached hydrogens (tertiary/aromatic N) is 5. The molecule has 0 spiro atoms. The van der Waals surface area contributed by atoms with E-state index in [1.54, 1.807) is 6.33 Å². The average Bonchev–Trinajstić information content (AvgIpc) is 3.35. The van der Waals surface area contributed by atoms with Crippen molar-refractivity contribution in [1.29, 1.82) is 0 Å². The molecule has 0 unspecified atom stereocenters. The van der Waals surface area contributed by atoms with Gasteiger partial charge in [-0.25, -0.2) is 15.0 Å². The summed E-state index contributed by atoms with van der Waals surface area (Å²) in [6.45, 7) is 12.8. The summed E-state index contributed by atoms with van der Waals surface area (Å²) in [7, 11) is 0. The number of rotatable bonds is 4. The minimum atomic E-state index is 0.381. The Morgan fingerprint density at radius 2 is 1.78 bits per heavy atom. The lowest BCUT2D eigenvalue weighted by atomic mass is 9.82. The van der Waals surface area contributed by atoms with Crippen LogP contribution in [0.2, 0.25) is 0 Å². The smallest absolute Gasteiger partial charge is 0.196 e. The Morgan fingerprint density at radius 1 is 0.976 bits per heavy atom. The van der Waals surface area contributed by atoms with E-state index in [0.717, 1.165) is 78.2 Å². The van der Waals surface area contributed by atoms with E-state index in [0.29, 0.717) is 11.2 Å². The molecule has 210 valence electrons. The number of fused-ring (bicyclic) bond motifs is 4. The molecule has 0 saturated carbocycles. The van der Waals surface area contributed by atoms with E-state index in [4.69, 9.17) is 15.1 Å². The van der Waals surface area contributed by atoms with Gasteiger partial charge in [-0.3, -0.25) is 0 Å². The van der Waals surface area contributed by atoms with Gasteiger partial charge in [0, 0.05) is 42.8 Å². The maximum Gasteiger partial charge on any atom is 0.196 e. The van der Waals surface area contributed by atoms with Crippen LogP contribution in [0.5, 0.6) is 0 Å². The lowest BCUT2D eigenvalue weighted by Gasteiger charge is -2.40. The van der Waals surface area contributed by atoms with Gasteiger partial charge >= 0.3 is 0 Å². The summed E-state index contributed by atoms with van der Waals surface area (Å²) in [5, 5.41) is 1.03. The Balaban J connectivity index is 1.25. The number of nitrogens with two attached hydrogens (primary N) is 1. The van der Waals surface area contributed by atoms with Gasteiger partial charge in [0.05, 0.1) is 5.69 Å². The maximum absolute atomic E-state index is 6.73. The number of hydrogen-bond acceptors (Lipinski definition) is 7. The Bertz CT molecular complexity index is 1780. The highest BCUT2D eigenvalue weighted by atomic mass is 16.3. The molecular weight excluding hydrogens is 508 g/mol. The van der Waals surface area contributed by atoms with Gasteiger partial charge in [-0.05, 0) is 72.4 Å². The number of piperidine rings is 1. The molecule has 7 rings (SSSR count). The minimum absolute atomic E-state index is 0.381. The van der Waals surface area contributed by atoms with Crippen molar-refractivity contribution in [2.45, 2.75) is 59.9 Å². The van der Waals surface area contributed by atoms with E-state index >= 15 is 0 Å². The van der Waals surface area contributed by atoms with Crippen molar-refractivity contribution in [1.82, 2.24) is 15.0 Å². The number of furan rings is 1. The molecule has 0 radical (unpaired) electrons. The summed E-state index contributed by atoms with van der Waals surface area (Å²) in [6, 6.07) is 14.9. The summed E-state index contributed by atoms with van der Waals surface area (Å²) < 4.78 is 6.24. The largest absolute Gasteiger partial charge is 0.450 e. The van der Waals surface area contributed by atoms with E-state index in [9.17, 15) is 0 Å². The molecule has 2 aliphatic rings. The standard InChI is InChI=1S/C34H38N6O/c1-5-25-21(2)38-32(35)28(30(25)39-16-13-34(3,4)14-17-39)23-10-11-24-19-40(15-12-22(24)18-23)33-31-29(36-20-37-33)26-8-6-7-9-27(26)41-31/h6-11,18,20H,5,12-17,19H2,1-4H3,(H2,35,38). The first-order valence-corrected chi connectivity index (χ1v) is 14.9. The molecule has 7 heteroatoms. The third kappa shape index (κ3) is 4.39. The molecule has 2 aliphatic heterocycles. The molecule has 1 fully saturated rings. The Labute approximate surface area is 241 Å². The number of hydrogen-bond donors (Lipinski definition) is 1. The molecule has 5 aromatic rings. The first kappa shape index (κ1) is 25.8. The van der Waals surface area contributed by atoms with E-state index in [2.05, 4.69) is 71.7 Å². The van der Waals surface area contributed by atoms with Crippen molar-refractivity contribution in [2.75, 3.05) is 35.2 Å². The van der Waals surface area contributed by atoms with Crippen LogP contribution in [0.25, 0.3) is 33.2 Å². The summed E-state index contributed by atoms with van der Waals surface area (Å²) >= 11 is 0. The molecule has 7 nitrogen and oxygen atoms in total. The Hall–Kier alpha value is -4.13. The van der Waals surface area contributed by atoms with Crippen LogP contribution in [-0.4, -0.2) is 34.6 Å². The van der Waals surface area contributed by atoms with Gasteiger partial charge in [-0.15, -0.1) is 0 Å². The average molecular weight is 547 g/mol. The van der Waals surface area contributed by atoms with Crippen molar-refractivity contribution in [3.63, 3.8) is 0 Å². The second-order valence-electron chi connectivity index (χ2n) is 12.4. The first-order valence-electron chi connectivity index (χ1n) is 14.9. The van der Waals surface area contributed by atoms with E-state index in [1.807, 2.05) is 18.2 Å². The Kier molecular flexibility index (Phi) is 6.14. The third-order valence-corrected chi connectivity index (χ3v) is 9.24. The molecule has 0 bridgehead atoms. The molecule has 2 N–H and O–H groups in total. The zero-order chi connectivity index (χ0) is 28.3. The first-order chi connectivity index (χ1) is 19.8. The van der Waals surface area contributed by atoms with Crippen molar-refractivity contribution in [3.8, 4) is 11.1 Å². The number of aromatic nitrogens is 3. The van der Waals surface area contributed by atoms with Crippen molar-refractivity contribution < 1.29 is 4.42 Å². The second-order valence-corrected chi connectivity index (χ2v) is 12.4. The highest BCUT2D eigenvalue weighted by molar-refractivity contribution is 6.05. The van der Waals surface area contributed by atoms with Crippen molar-refractivity contribution in [2.24, 2.45) is 5.41 Å². The van der Waals surface area contributed by atoms with Crippen LogP contribution in [0.3, 0.4) is 0 Å². The number of pyridine rings is 1. The van der Waals surface area contributed by atoms with Gasteiger partial charge in [0.15, 0.2) is 11.4 Å². The maximum atomic E-state index is 6.73. The van der Waals surface area contributed by atoms with Crippen molar-refractivity contribution in [3.05, 3.63) is 71.2 Å². The predicted octanol–water partition coefficient (Wildman–Crippen LogP) is 7.08. The lowest BCUT2D eigenvalue weighted by molar-refractivity contribution is 0.279. The predicted molar refractivity (Wildman–Crippen MR) is 167 cm³/mol. The van der Waals surface area contributed by atoms with Crippen LogP contribution in [0.15, 0.2) is 53.2 Å². The normalized spacial score (nSPS) is 16.9. The number of benzene rings is 2. The fourth-order valence-electron chi connectivity index (χ4n) is 6.77. The second kappa shape index (κ2) is 9.75. The molecule has 0 aliphatic carbocycles. The Morgan fingerprint density at radius 3 is 2.59 bits per heavy atom. The summed E-state index contributed by atoms with van der Waals surface area (Å²) in [4.78, 5) is 18.9. The monoisotopic (exact) mass is 546 g/mol. The van der Waals surface area contributed by atoms with E-state index < -0.39 is 0 Å². The highest BCUT2D eigenvalue weighted by Crippen LogP contribution is 2.43. The summed E-state index contributed by atoms with van der Waals surface area (Å²) in [5.41, 5.74) is 18.2. The highest BCUT2D eigenvalue weighted by Gasteiger charge is 2.30. The van der Waals surface area contributed by atoms with E-state index in [1.165, 1.54) is 40.8 Å². The van der Waals surface area contributed by atoms with Gasteiger partial charge in [0.25, 0.3) is 0 Å². The van der Waals surface area contributed by atoms with Crippen molar-refractivity contribution >= 4 is 39.4 Å². The van der Waals surface area contributed by atoms with Gasteiger partial charge < -0.3 is 20.0 Å². The molecule has 2 aromatic carbocycles. The number of para-hydroxylation sites is 1. The molecule has 3 aromatic heterocycles. The molecule has 0 amide bonds. The molecule has 1 saturated heterocycles. The fourth-order valence-corrected chi connectivity index (χ4v) is 6.77. The van der Waals surface area contributed by atoms with Crippen LogP contribution < -0.4 is 15.5 Å². The van der Waals surface area contributed by atoms with Crippen LogP contribution in [-0.2, 0) is 19.4 Å². The molecule has 0 atom stereocenters. The van der Waals surface area contributed by atoms with Gasteiger partial charge in [0.1, 0.15) is 23.2 Å². The summed E-state index contributed by atoms with van der Waals surface area (Å²) in [6.07, 6.45) is 5.87. The fraction of sp³-hybridized carbons (Fsp3) is 0.382. The molecular formula is C34H38N6O. The zero-order valence-corrected chi connectivity index (χ0v) is 24.5. The van der Waals surface area contributed by atoms with Gasteiger partial charge in [-0.1, -0.05) is 51.1 Å². The van der Waals surface area contributed by atoms with Gasteiger partial charge in [0.2, 0.25) is 0 Å². The number of anilines is 3. The van der Waals surface area contributed by atoms with Crippen LogP contribution in [0.4, 0.5) is 17.3 Å². The summed E-state index contributed by atoms with van der Waals surface area (Å²) in [5.74, 6) is 1.49. The minimum Gasteiger partial charge on any atom is -0.450 e. The van der Waals surface area contributed by atoms with Gasteiger partial charge in [-0.2, -0.15) is 0 Å². The third-order valence-electron chi connectivity index (χ3n) is 9.24. The quantitative estimate of drug-likeness (QED) is 0.258. The number of aryl methyl sites for hydroxylation is 1. The van der Waals surface area contributed by atoms with Crippen LogP contribution in [0, 0.1) is 12.3 Å². The van der Waals surface area contributed by atoms with Crippen LogP contribution in [0.1, 0.15) is 56.0 Å². The number of nitrogen functional groups attached to an aromatic ring is 1. The SMILES string of the molecule is CCc1c(C)nc(N)c(-c2ccc3c(c2)CCN(c2ncnc4c2oc2ccccc24)C3)c1N1CCC(C)(C)CC1. The van der Waals surface area contributed by atoms with E-state index in [-0.39, 0.29) is 0 Å².